The van der Waals surface area contributed by atoms with Gasteiger partial charge in [0.25, 0.3) is 0 Å². The number of benzene rings is 1. The highest BCUT2D eigenvalue weighted by Gasteiger charge is 2.46. The largest absolute Gasteiger partial charge is 0.459 e. The molecule has 1 aliphatic rings. The van der Waals surface area contributed by atoms with E-state index in [1.54, 1.807) is 24.3 Å². The van der Waals surface area contributed by atoms with Gasteiger partial charge in [-0.2, -0.15) is 0 Å². The second-order valence-corrected chi connectivity index (χ2v) is 5.35. The van der Waals surface area contributed by atoms with Gasteiger partial charge in [0, 0.05) is 20.8 Å². The second kappa shape index (κ2) is 9.10. The summed E-state index contributed by atoms with van der Waals surface area (Å²) < 4.78 is 27.1. The molecule has 1 aliphatic heterocycles. The van der Waals surface area contributed by atoms with Gasteiger partial charge in [-0.1, -0.05) is 18.2 Å². The van der Waals surface area contributed by atoms with E-state index in [1.165, 1.54) is 14.2 Å². The molecule has 7 nitrogen and oxygen atoms in total. The van der Waals surface area contributed by atoms with Crippen LogP contribution in [0, 0.1) is 0 Å². The number of ether oxygens (including phenoxy) is 5. The van der Waals surface area contributed by atoms with Crippen LogP contribution < -0.4 is 0 Å². The van der Waals surface area contributed by atoms with E-state index in [0.717, 1.165) is 0 Å². The van der Waals surface area contributed by atoms with Crippen molar-refractivity contribution >= 4 is 5.97 Å². The molecule has 0 unspecified atom stereocenters. The Morgan fingerprint density at radius 1 is 1.17 bits per heavy atom. The van der Waals surface area contributed by atoms with Gasteiger partial charge in [0.05, 0.1) is 5.56 Å². The Bertz CT molecular complexity index is 507. The summed E-state index contributed by atoms with van der Waals surface area (Å²) in [4.78, 5) is 12.0. The van der Waals surface area contributed by atoms with Crippen molar-refractivity contribution in [3.8, 4) is 0 Å². The Hall–Kier alpha value is -1.51. The van der Waals surface area contributed by atoms with E-state index >= 15 is 0 Å². The minimum absolute atomic E-state index is 0.116. The summed E-state index contributed by atoms with van der Waals surface area (Å²) in [6.07, 6.45) is -3.73. The molecule has 1 saturated heterocycles. The number of carbonyl (C=O) groups excluding carboxylic acids is 1. The molecule has 1 heterocycles. The van der Waals surface area contributed by atoms with Gasteiger partial charge >= 0.3 is 5.97 Å². The first-order chi connectivity index (χ1) is 11.6. The van der Waals surface area contributed by atoms with Crippen LogP contribution in [0.1, 0.15) is 17.3 Å². The number of aliphatic hydroxyl groups excluding tert-OH is 1. The van der Waals surface area contributed by atoms with Crippen LogP contribution in [-0.4, -0.2) is 69.2 Å². The van der Waals surface area contributed by atoms with Crippen molar-refractivity contribution in [3.63, 3.8) is 0 Å². The first-order valence-corrected chi connectivity index (χ1v) is 7.85. The lowest BCUT2D eigenvalue weighted by atomic mass is 9.99. The van der Waals surface area contributed by atoms with E-state index in [2.05, 4.69) is 0 Å². The van der Waals surface area contributed by atoms with Gasteiger partial charge in [-0.3, -0.25) is 0 Å². The Kier molecular flexibility index (Phi) is 7.14. The molecule has 2 rings (SSSR count). The molecule has 1 N–H and O–H groups in total. The zero-order valence-electron chi connectivity index (χ0n) is 14.1. The van der Waals surface area contributed by atoms with Gasteiger partial charge in [-0.15, -0.1) is 0 Å². The maximum atomic E-state index is 12.0. The number of aliphatic hydroxyl groups is 1. The Labute approximate surface area is 141 Å². The Balaban J connectivity index is 2.01. The van der Waals surface area contributed by atoms with Crippen molar-refractivity contribution in [2.24, 2.45) is 0 Å². The third kappa shape index (κ3) is 4.31. The third-order valence-corrected chi connectivity index (χ3v) is 3.88. The smallest absolute Gasteiger partial charge is 0.338 e. The number of hydrogen-bond donors (Lipinski definition) is 1. The van der Waals surface area contributed by atoms with Crippen molar-refractivity contribution in [1.82, 2.24) is 0 Å². The lowest BCUT2D eigenvalue weighted by Gasteiger charge is -2.42. The van der Waals surface area contributed by atoms with Crippen LogP contribution in [0.4, 0.5) is 0 Å². The lowest BCUT2D eigenvalue weighted by molar-refractivity contribution is -0.308. The van der Waals surface area contributed by atoms with Crippen LogP contribution >= 0.6 is 0 Å². The highest BCUT2D eigenvalue weighted by atomic mass is 16.7. The first kappa shape index (κ1) is 18.8. The number of esters is 1. The number of carbonyl (C=O) groups is 1. The predicted molar refractivity (Wildman–Crippen MR) is 84.6 cm³/mol. The van der Waals surface area contributed by atoms with Gasteiger partial charge in [0.1, 0.15) is 31.0 Å². The summed E-state index contributed by atoms with van der Waals surface area (Å²) in [5.41, 5.74) is 0.433. The summed E-state index contributed by atoms with van der Waals surface area (Å²) >= 11 is 0. The summed E-state index contributed by atoms with van der Waals surface area (Å²) in [6, 6.07) is 8.62. The molecule has 1 aromatic rings. The molecule has 0 spiro atoms. The molecular formula is C17H24O7. The van der Waals surface area contributed by atoms with Gasteiger partial charge in [0.2, 0.25) is 0 Å². The molecule has 1 aromatic carbocycles. The van der Waals surface area contributed by atoms with Crippen molar-refractivity contribution in [2.45, 2.75) is 37.6 Å². The predicted octanol–water partition coefficient (Wildman–Crippen LogP) is 0.996. The van der Waals surface area contributed by atoms with Gasteiger partial charge in [-0.25, -0.2) is 4.79 Å². The number of methoxy groups -OCH3 is 2. The molecule has 0 aliphatic carbocycles. The van der Waals surface area contributed by atoms with Crippen LogP contribution in [0.5, 0.6) is 0 Å². The van der Waals surface area contributed by atoms with Crippen molar-refractivity contribution in [2.75, 3.05) is 27.4 Å². The van der Waals surface area contributed by atoms with Gasteiger partial charge in [-0.05, 0) is 19.1 Å². The fourth-order valence-corrected chi connectivity index (χ4v) is 2.66. The lowest BCUT2D eigenvalue weighted by Crippen LogP contribution is -2.60. The molecule has 5 atom stereocenters. The topological polar surface area (TPSA) is 83.5 Å². The van der Waals surface area contributed by atoms with E-state index in [0.29, 0.717) is 12.2 Å². The molecule has 0 saturated carbocycles. The van der Waals surface area contributed by atoms with E-state index in [1.807, 2.05) is 13.0 Å². The van der Waals surface area contributed by atoms with E-state index < -0.39 is 36.7 Å². The molecule has 7 heteroatoms. The van der Waals surface area contributed by atoms with Crippen molar-refractivity contribution in [1.29, 1.82) is 0 Å². The Morgan fingerprint density at radius 3 is 2.42 bits per heavy atom. The van der Waals surface area contributed by atoms with Crippen LogP contribution in [0.15, 0.2) is 30.3 Å². The fourth-order valence-electron chi connectivity index (χ4n) is 2.66. The first-order valence-electron chi connectivity index (χ1n) is 7.85. The average Bonchev–Trinajstić information content (AvgIpc) is 2.62. The zero-order valence-corrected chi connectivity index (χ0v) is 14.1. The van der Waals surface area contributed by atoms with E-state index in [4.69, 9.17) is 23.7 Å². The maximum absolute atomic E-state index is 12.0. The quantitative estimate of drug-likeness (QED) is 0.741. The molecule has 1 fully saturated rings. The average molecular weight is 340 g/mol. The van der Waals surface area contributed by atoms with E-state index in [9.17, 15) is 9.90 Å². The van der Waals surface area contributed by atoms with E-state index in [-0.39, 0.29) is 6.61 Å². The molecule has 134 valence electrons. The summed E-state index contributed by atoms with van der Waals surface area (Å²) in [7, 11) is 2.97. The third-order valence-electron chi connectivity index (χ3n) is 3.88. The monoisotopic (exact) mass is 340 g/mol. The van der Waals surface area contributed by atoms with Gasteiger partial charge < -0.3 is 28.8 Å². The van der Waals surface area contributed by atoms with Crippen LogP contribution in [0.25, 0.3) is 0 Å². The SMILES string of the molecule is CCO[C@H]1O[C@H](COC(=O)c2ccccc2)[C@@H](O)[C@H](OC)[C@H]1OC. The van der Waals surface area contributed by atoms with Crippen LogP contribution in [0.3, 0.4) is 0 Å². The molecule has 0 aromatic heterocycles. The van der Waals surface area contributed by atoms with Crippen molar-refractivity contribution < 1.29 is 33.6 Å². The normalized spacial score (nSPS) is 30.1. The molecule has 0 amide bonds. The minimum atomic E-state index is -1.01. The second-order valence-electron chi connectivity index (χ2n) is 5.35. The van der Waals surface area contributed by atoms with Gasteiger partial charge in [0.15, 0.2) is 6.29 Å². The molecule has 24 heavy (non-hydrogen) atoms. The molecule has 0 bridgehead atoms. The minimum Gasteiger partial charge on any atom is -0.459 e. The zero-order chi connectivity index (χ0) is 17.5. The standard InChI is InChI=1S/C17H24O7/c1-4-22-17-15(21-3)14(20-2)13(18)12(24-17)10-23-16(19)11-8-6-5-7-9-11/h5-9,12-15,17-18H,4,10H2,1-3H3/t12-,13-,14+,15-,17+/m1/s1. The maximum Gasteiger partial charge on any atom is 0.338 e. The van der Waals surface area contributed by atoms with Crippen molar-refractivity contribution in [3.05, 3.63) is 35.9 Å². The highest BCUT2D eigenvalue weighted by molar-refractivity contribution is 5.89. The summed E-state index contributed by atoms with van der Waals surface area (Å²) in [5, 5.41) is 10.4. The van der Waals surface area contributed by atoms with Crippen LogP contribution in [0.2, 0.25) is 0 Å². The summed E-state index contributed by atoms with van der Waals surface area (Å²) in [6.45, 7) is 2.12. The molecular weight excluding hydrogens is 316 g/mol. The Morgan fingerprint density at radius 2 is 1.83 bits per heavy atom. The van der Waals surface area contributed by atoms with Crippen LogP contribution in [-0.2, 0) is 23.7 Å². The fraction of sp³-hybridized carbons (Fsp3) is 0.588. The highest BCUT2D eigenvalue weighted by Crippen LogP contribution is 2.26. The number of rotatable bonds is 7. The summed E-state index contributed by atoms with van der Waals surface area (Å²) in [5.74, 6) is -0.484. The molecule has 0 radical (unpaired) electrons. The number of hydrogen-bond acceptors (Lipinski definition) is 7.